The molecular weight excluding hydrogens is 534 g/mol. The number of fused-ring (bicyclic) bond motifs is 1. The highest BCUT2D eigenvalue weighted by molar-refractivity contribution is 7.92. The van der Waals surface area contributed by atoms with E-state index in [2.05, 4.69) is 0 Å². The number of halogens is 3. The van der Waals surface area contributed by atoms with Crippen molar-refractivity contribution in [3.63, 3.8) is 0 Å². The fourth-order valence-corrected chi connectivity index (χ4v) is 7.51. The summed E-state index contributed by atoms with van der Waals surface area (Å²) >= 11 is 5.96. The van der Waals surface area contributed by atoms with Gasteiger partial charge in [0.1, 0.15) is 22.1 Å². The largest absolute Gasteiger partial charge is 0.497 e. The lowest BCUT2D eigenvalue weighted by Gasteiger charge is -2.41. The zero-order valence-electron chi connectivity index (χ0n) is 20.7. The molecule has 0 atom stereocenters. The molecule has 198 valence electrons. The lowest BCUT2D eigenvalue weighted by molar-refractivity contribution is 0.0700. The van der Waals surface area contributed by atoms with E-state index in [0.29, 0.717) is 16.3 Å². The third kappa shape index (κ3) is 4.23. The Morgan fingerprint density at radius 3 is 2.34 bits per heavy atom. The van der Waals surface area contributed by atoms with E-state index in [-0.39, 0.29) is 42.3 Å². The van der Waals surface area contributed by atoms with Crippen LogP contribution in [0, 0.1) is 11.6 Å². The van der Waals surface area contributed by atoms with E-state index >= 15 is 4.39 Å². The van der Waals surface area contributed by atoms with Gasteiger partial charge in [0.2, 0.25) is 0 Å². The van der Waals surface area contributed by atoms with Crippen LogP contribution in [0.1, 0.15) is 28.8 Å². The number of hydrogen-bond donors (Lipinski definition) is 0. The van der Waals surface area contributed by atoms with Crippen molar-refractivity contribution in [2.75, 3.05) is 20.2 Å². The van der Waals surface area contributed by atoms with E-state index in [1.54, 1.807) is 24.3 Å². The number of piperidine rings is 1. The Labute approximate surface area is 224 Å². The number of amides is 1. The molecule has 1 fully saturated rings. The first-order valence-corrected chi connectivity index (χ1v) is 13.8. The molecule has 1 aliphatic heterocycles. The van der Waals surface area contributed by atoms with Crippen LogP contribution in [0.4, 0.5) is 8.78 Å². The maximum atomic E-state index is 15.1. The van der Waals surface area contributed by atoms with Crippen molar-refractivity contribution in [1.29, 1.82) is 0 Å². The predicted octanol–water partition coefficient (Wildman–Crippen LogP) is 5.72. The molecule has 4 aromatic rings. The lowest BCUT2D eigenvalue weighted by atomic mass is 9.87. The van der Waals surface area contributed by atoms with Crippen LogP contribution in [0.3, 0.4) is 0 Å². The summed E-state index contributed by atoms with van der Waals surface area (Å²) in [6, 6.07) is 13.8. The first kappa shape index (κ1) is 26.2. The molecule has 1 aliphatic rings. The van der Waals surface area contributed by atoms with Gasteiger partial charge >= 0.3 is 0 Å². The summed E-state index contributed by atoms with van der Waals surface area (Å²) in [5, 5.41) is 1.09. The number of rotatable bonds is 5. The van der Waals surface area contributed by atoms with Crippen molar-refractivity contribution in [3.8, 4) is 5.75 Å². The van der Waals surface area contributed by atoms with Crippen LogP contribution in [-0.4, -0.2) is 44.0 Å². The maximum Gasteiger partial charge on any atom is 0.256 e. The predicted molar refractivity (Wildman–Crippen MR) is 141 cm³/mol. The summed E-state index contributed by atoms with van der Waals surface area (Å²) in [5.41, 5.74) is 1.04. The minimum absolute atomic E-state index is 0.0359. The second-order valence-electron chi connectivity index (χ2n) is 9.40. The van der Waals surface area contributed by atoms with Crippen molar-refractivity contribution in [1.82, 2.24) is 9.47 Å². The van der Waals surface area contributed by atoms with Crippen LogP contribution >= 0.6 is 11.6 Å². The Kier molecular flexibility index (Phi) is 6.69. The summed E-state index contributed by atoms with van der Waals surface area (Å²) in [5.74, 6) is -1.16. The fraction of sp³-hybridized carbons (Fsp3) is 0.250. The van der Waals surface area contributed by atoms with Gasteiger partial charge in [-0.2, -0.15) is 0 Å². The standard InChI is InChI=1S/C28H25ClF2N2O4S/c1-32-17-23(22-9-6-20(37-2)16-26(22)32)27(34)33-13-11-28(12-14-33,24-15-19(30)5-10-25(24)31)38(35,36)21-7-3-18(29)4-8-21/h3-10,15-17H,11-14H2,1-2H3. The summed E-state index contributed by atoms with van der Waals surface area (Å²) in [7, 11) is -0.816. The molecule has 0 bridgehead atoms. The molecule has 3 aromatic carbocycles. The number of hydrogen-bond acceptors (Lipinski definition) is 4. The number of carbonyl (C=O) groups excluding carboxylic acids is 1. The molecule has 0 spiro atoms. The zero-order chi connectivity index (χ0) is 27.2. The Morgan fingerprint density at radius 1 is 1.00 bits per heavy atom. The zero-order valence-corrected chi connectivity index (χ0v) is 22.3. The van der Waals surface area contributed by atoms with Gasteiger partial charge in [-0.3, -0.25) is 4.79 Å². The Morgan fingerprint density at radius 2 is 1.68 bits per heavy atom. The van der Waals surface area contributed by atoms with Crippen LogP contribution < -0.4 is 4.74 Å². The SMILES string of the molecule is COc1ccc2c(C(=O)N3CCC(c4cc(F)ccc4F)(S(=O)(=O)c4ccc(Cl)cc4)CC3)cn(C)c2c1. The highest BCUT2D eigenvalue weighted by Crippen LogP contribution is 2.45. The van der Waals surface area contributed by atoms with E-state index in [1.807, 2.05) is 23.7 Å². The second kappa shape index (κ2) is 9.71. The van der Waals surface area contributed by atoms with E-state index in [0.717, 1.165) is 29.1 Å². The molecule has 5 rings (SSSR count). The number of methoxy groups -OCH3 is 1. The number of nitrogens with zero attached hydrogens (tertiary/aromatic N) is 2. The summed E-state index contributed by atoms with van der Waals surface area (Å²) < 4.78 is 62.8. The third-order valence-corrected chi connectivity index (χ3v) is 10.1. The van der Waals surface area contributed by atoms with Crippen LogP contribution in [0.25, 0.3) is 10.9 Å². The summed E-state index contributed by atoms with van der Waals surface area (Å²) in [6.45, 7) is 0.0717. The topological polar surface area (TPSA) is 68.6 Å². The molecular formula is C28H25ClF2N2O4S. The van der Waals surface area contributed by atoms with E-state index in [1.165, 1.54) is 24.3 Å². The van der Waals surface area contributed by atoms with Crippen molar-refractivity contribution < 1.29 is 26.7 Å². The number of aromatic nitrogens is 1. The van der Waals surface area contributed by atoms with Gasteiger partial charge in [-0.1, -0.05) is 11.6 Å². The van der Waals surface area contributed by atoms with Gasteiger partial charge in [-0.15, -0.1) is 0 Å². The van der Waals surface area contributed by atoms with Gasteiger partial charge in [0.25, 0.3) is 5.91 Å². The minimum atomic E-state index is -4.21. The quantitative estimate of drug-likeness (QED) is 0.314. The maximum absolute atomic E-state index is 15.1. The molecule has 1 aromatic heterocycles. The molecule has 2 heterocycles. The van der Waals surface area contributed by atoms with Gasteiger partial charge in [-0.05, 0) is 67.4 Å². The van der Waals surface area contributed by atoms with Crippen molar-refractivity contribution in [3.05, 3.63) is 94.6 Å². The molecule has 0 aliphatic carbocycles. The Hall–Kier alpha value is -3.43. The average Bonchev–Trinajstić information content (AvgIpc) is 3.25. The minimum Gasteiger partial charge on any atom is -0.497 e. The van der Waals surface area contributed by atoms with E-state index < -0.39 is 26.2 Å². The molecule has 0 unspecified atom stereocenters. The van der Waals surface area contributed by atoms with Crippen molar-refractivity contribution >= 4 is 38.2 Å². The van der Waals surface area contributed by atoms with Gasteiger partial charge < -0.3 is 14.2 Å². The molecule has 38 heavy (non-hydrogen) atoms. The number of aryl methyl sites for hydroxylation is 1. The van der Waals surface area contributed by atoms with E-state index in [9.17, 15) is 17.6 Å². The van der Waals surface area contributed by atoms with Gasteiger partial charge in [-0.25, -0.2) is 17.2 Å². The molecule has 1 amide bonds. The van der Waals surface area contributed by atoms with Crippen LogP contribution in [0.15, 0.2) is 71.8 Å². The number of sulfone groups is 1. The first-order chi connectivity index (χ1) is 18.1. The Balaban J connectivity index is 1.53. The third-order valence-electron chi connectivity index (χ3n) is 7.34. The van der Waals surface area contributed by atoms with E-state index in [4.69, 9.17) is 16.3 Å². The lowest BCUT2D eigenvalue weighted by Crippen LogP contribution is -2.49. The Bertz CT molecular complexity index is 1640. The second-order valence-corrected chi connectivity index (χ2v) is 12.1. The first-order valence-electron chi connectivity index (χ1n) is 12.0. The van der Waals surface area contributed by atoms with Crippen LogP contribution in [-0.2, 0) is 21.6 Å². The summed E-state index contributed by atoms with van der Waals surface area (Å²) in [4.78, 5) is 15.1. The van der Waals surface area contributed by atoms with Gasteiger partial charge in [0, 0.05) is 48.4 Å². The summed E-state index contributed by atoms with van der Waals surface area (Å²) in [6.07, 6.45) is 1.51. The normalized spacial score (nSPS) is 15.6. The molecule has 1 saturated heterocycles. The number of ether oxygens (including phenoxy) is 1. The molecule has 0 saturated carbocycles. The van der Waals surface area contributed by atoms with Crippen LogP contribution in [0.5, 0.6) is 5.75 Å². The molecule has 0 radical (unpaired) electrons. The smallest absolute Gasteiger partial charge is 0.256 e. The van der Waals surface area contributed by atoms with Crippen molar-refractivity contribution in [2.45, 2.75) is 22.5 Å². The molecule has 6 nitrogen and oxygen atoms in total. The average molecular weight is 559 g/mol. The number of benzene rings is 3. The van der Waals surface area contributed by atoms with Gasteiger partial charge in [0.05, 0.1) is 23.1 Å². The molecule has 10 heteroatoms. The van der Waals surface area contributed by atoms with Crippen LogP contribution in [0.2, 0.25) is 5.02 Å². The number of carbonyl (C=O) groups is 1. The highest BCUT2D eigenvalue weighted by atomic mass is 35.5. The number of likely N-dealkylation sites (tertiary alicyclic amines) is 1. The fourth-order valence-electron chi connectivity index (χ4n) is 5.27. The van der Waals surface area contributed by atoms with Gasteiger partial charge in [0.15, 0.2) is 9.84 Å². The van der Waals surface area contributed by atoms with Crippen molar-refractivity contribution in [2.24, 2.45) is 7.05 Å². The highest BCUT2D eigenvalue weighted by Gasteiger charge is 2.50. The molecule has 0 N–H and O–H groups in total. The monoisotopic (exact) mass is 558 g/mol.